The number of nitrogens with one attached hydrogen (secondary N) is 1. The number of rotatable bonds is 3. The van der Waals surface area contributed by atoms with Gasteiger partial charge in [-0.05, 0) is 38.9 Å². The Hall–Kier alpha value is -1.36. The number of nitrogens with zero attached hydrogens (tertiary/aromatic N) is 3. The number of hydrogen-bond acceptors (Lipinski definition) is 3. The molecule has 19 heavy (non-hydrogen) atoms. The summed E-state index contributed by atoms with van der Waals surface area (Å²) >= 11 is 0. The number of likely N-dealkylation sites (N-methyl/N-ethyl adjacent to an activating group) is 1. The predicted molar refractivity (Wildman–Crippen MR) is 75.0 cm³/mol. The first-order chi connectivity index (χ1) is 8.90. The number of aromatic nitrogens is 2. The van der Waals surface area contributed by atoms with Gasteiger partial charge in [0.25, 0.3) is 5.91 Å². The summed E-state index contributed by atoms with van der Waals surface area (Å²) in [5.74, 6) is 1.14. The third kappa shape index (κ3) is 2.81. The molecule has 2 heterocycles. The molecule has 2 unspecified atom stereocenters. The van der Waals surface area contributed by atoms with Gasteiger partial charge in [0.05, 0.1) is 0 Å². The lowest BCUT2D eigenvalue weighted by Gasteiger charge is -2.27. The van der Waals surface area contributed by atoms with Crippen LogP contribution in [-0.4, -0.2) is 59.1 Å². The molecule has 5 nitrogen and oxygen atoms in total. The zero-order chi connectivity index (χ0) is 14.2. The summed E-state index contributed by atoms with van der Waals surface area (Å²) < 4.78 is 0. The Morgan fingerprint density at radius 3 is 2.58 bits per heavy atom. The van der Waals surface area contributed by atoms with Gasteiger partial charge in [-0.25, -0.2) is 0 Å². The lowest BCUT2D eigenvalue weighted by molar-refractivity contribution is 0.0774. The van der Waals surface area contributed by atoms with Crippen molar-refractivity contribution >= 4 is 5.91 Å². The van der Waals surface area contributed by atoms with Gasteiger partial charge in [-0.2, -0.15) is 5.10 Å². The Morgan fingerprint density at radius 1 is 1.47 bits per heavy atom. The highest BCUT2D eigenvalue weighted by molar-refractivity contribution is 5.92. The van der Waals surface area contributed by atoms with Crippen LogP contribution in [-0.2, 0) is 0 Å². The van der Waals surface area contributed by atoms with Gasteiger partial charge in [0.1, 0.15) is 5.69 Å². The molecular formula is C14H24N4O. The molecule has 1 N–H and O–H groups in total. The van der Waals surface area contributed by atoms with E-state index in [1.165, 1.54) is 0 Å². The van der Waals surface area contributed by atoms with Gasteiger partial charge < -0.3 is 9.80 Å². The number of hydrogen-bond donors (Lipinski definition) is 1. The Bertz CT molecular complexity index is 436. The van der Waals surface area contributed by atoms with Crippen LogP contribution in [0.3, 0.4) is 0 Å². The molecule has 0 bridgehead atoms. The molecule has 0 radical (unpaired) electrons. The third-order valence-electron chi connectivity index (χ3n) is 4.06. The third-order valence-corrected chi connectivity index (χ3v) is 4.06. The van der Waals surface area contributed by atoms with Gasteiger partial charge in [0, 0.05) is 24.8 Å². The van der Waals surface area contributed by atoms with Crippen molar-refractivity contribution in [2.75, 3.05) is 27.2 Å². The first kappa shape index (κ1) is 14.1. The van der Waals surface area contributed by atoms with E-state index in [-0.39, 0.29) is 5.91 Å². The average molecular weight is 264 g/mol. The summed E-state index contributed by atoms with van der Waals surface area (Å²) in [7, 11) is 4.18. The normalized spacial score (nSPS) is 23.6. The summed E-state index contributed by atoms with van der Waals surface area (Å²) in [6, 6.07) is 2.25. The summed E-state index contributed by atoms with van der Waals surface area (Å²) in [6.07, 6.45) is 0. The van der Waals surface area contributed by atoms with Gasteiger partial charge in [-0.15, -0.1) is 0 Å². The fourth-order valence-corrected chi connectivity index (χ4v) is 2.87. The summed E-state index contributed by atoms with van der Waals surface area (Å²) in [4.78, 5) is 16.6. The van der Waals surface area contributed by atoms with Gasteiger partial charge in [0.15, 0.2) is 0 Å². The van der Waals surface area contributed by atoms with Gasteiger partial charge in [0.2, 0.25) is 0 Å². The van der Waals surface area contributed by atoms with Crippen LogP contribution in [0, 0.1) is 18.8 Å². The molecule has 1 fully saturated rings. The second kappa shape index (κ2) is 5.33. The van der Waals surface area contributed by atoms with Crippen LogP contribution < -0.4 is 0 Å². The maximum Gasteiger partial charge on any atom is 0.274 e. The maximum absolute atomic E-state index is 12.4. The number of likely N-dealkylation sites (tertiary alicyclic amines) is 1. The van der Waals surface area contributed by atoms with E-state index in [1.54, 1.807) is 0 Å². The predicted octanol–water partition coefficient (Wildman–Crippen LogP) is 1.38. The van der Waals surface area contributed by atoms with Gasteiger partial charge in [-0.1, -0.05) is 13.8 Å². The van der Waals surface area contributed by atoms with Crippen LogP contribution in [0.1, 0.15) is 30.0 Å². The number of amides is 1. The minimum Gasteiger partial charge on any atom is -0.335 e. The van der Waals surface area contributed by atoms with Gasteiger partial charge >= 0.3 is 0 Å². The van der Waals surface area contributed by atoms with Crippen LogP contribution in [0.2, 0.25) is 0 Å². The molecule has 1 aromatic rings. The van der Waals surface area contributed by atoms with E-state index in [9.17, 15) is 4.79 Å². The lowest BCUT2D eigenvalue weighted by Crippen LogP contribution is -2.37. The summed E-state index contributed by atoms with van der Waals surface area (Å²) in [5.41, 5.74) is 1.45. The highest BCUT2D eigenvalue weighted by Gasteiger charge is 2.38. The Kier molecular flexibility index (Phi) is 3.94. The van der Waals surface area contributed by atoms with E-state index in [4.69, 9.17) is 0 Å². The zero-order valence-corrected chi connectivity index (χ0v) is 12.5. The van der Waals surface area contributed by atoms with Crippen LogP contribution in [0.15, 0.2) is 6.07 Å². The van der Waals surface area contributed by atoms with Crippen molar-refractivity contribution in [3.8, 4) is 0 Å². The summed E-state index contributed by atoms with van der Waals surface area (Å²) in [6.45, 7) is 7.99. The molecule has 0 aromatic carbocycles. The fraction of sp³-hybridized carbons (Fsp3) is 0.714. The lowest BCUT2D eigenvalue weighted by atomic mass is 9.91. The molecule has 0 aliphatic carbocycles. The van der Waals surface area contributed by atoms with Crippen molar-refractivity contribution in [3.63, 3.8) is 0 Å². The molecule has 1 amide bonds. The molecule has 5 heteroatoms. The smallest absolute Gasteiger partial charge is 0.274 e. The van der Waals surface area contributed by atoms with E-state index in [0.717, 1.165) is 18.8 Å². The molecular weight excluding hydrogens is 240 g/mol. The molecule has 1 aliphatic heterocycles. The second-order valence-corrected chi connectivity index (χ2v) is 6.09. The van der Waals surface area contributed by atoms with E-state index in [0.29, 0.717) is 23.6 Å². The minimum absolute atomic E-state index is 0.0411. The van der Waals surface area contributed by atoms with E-state index < -0.39 is 0 Å². The molecule has 0 saturated carbocycles. The van der Waals surface area contributed by atoms with Crippen LogP contribution >= 0.6 is 0 Å². The first-order valence-electron chi connectivity index (χ1n) is 6.88. The van der Waals surface area contributed by atoms with Crippen molar-refractivity contribution in [3.05, 3.63) is 17.5 Å². The first-order valence-corrected chi connectivity index (χ1v) is 6.88. The number of aryl methyl sites for hydroxylation is 1. The molecule has 1 aliphatic rings. The number of H-pyrrole nitrogens is 1. The van der Waals surface area contributed by atoms with E-state index >= 15 is 0 Å². The highest BCUT2D eigenvalue weighted by Crippen LogP contribution is 2.28. The number of carbonyl (C=O) groups is 1. The van der Waals surface area contributed by atoms with Crippen LogP contribution in [0.5, 0.6) is 0 Å². The highest BCUT2D eigenvalue weighted by atomic mass is 16.2. The van der Waals surface area contributed by atoms with Crippen molar-refractivity contribution in [2.45, 2.75) is 26.8 Å². The molecule has 2 rings (SSSR count). The number of aromatic amines is 1. The average Bonchev–Trinajstić information content (AvgIpc) is 2.93. The van der Waals surface area contributed by atoms with Crippen molar-refractivity contribution in [1.29, 1.82) is 0 Å². The maximum atomic E-state index is 12.4. The zero-order valence-electron chi connectivity index (χ0n) is 12.5. The van der Waals surface area contributed by atoms with E-state index in [1.807, 2.05) is 17.9 Å². The molecule has 1 saturated heterocycles. The molecule has 0 spiro atoms. The Morgan fingerprint density at radius 2 is 2.16 bits per heavy atom. The molecule has 1 aromatic heterocycles. The Labute approximate surface area is 115 Å². The van der Waals surface area contributed by atoms with Crippen LogP contribution in [0.25, 0.3) is 0 Å². The standard InChI is InChI=1S/C14H24N4O/c1-9(2)11-7-18(8-13(11)17(4)5)14(19)12-6-10(3)15-16-12/h6,9,11,13H,7-8H2,1-5H3,(H,15,16). The second-order valence-electron chi connectivity index (χ2n) is 6.09. The Balaban J connectivity index is 2.13. The van der Waals surface area contributed by atoms with E-state index in [2.05, 4.69) is 43.0 Å². The fourth-order valence-electron chi connectivity index (χ4n) is 2.87. The minimum atomic E-state index is 0.0411. The molecule has 106 valence electrons. The quantitative estimate of drug-likeness (QED) is 0.897. The van der Waals surface area contributed by atoms with Crippen molar-refractivity contribution < 1.29 is 4.79 Å². The van der Waals surface area contributed by atoms with Crippen molar-refractivity contribution in [2.24, 2.45) is 11.8 Å². The summed E-state index contributed by atoms with van der Waals surface area (Å²) in [5, 5.41) is 6.90. The largest absolute Gasteiger partial charge is 0.335 e. The SMILES string of the molecule is Cc1cc(C(=O)N2CC(C(C)C)C(N(C)C)C2)n[nH]1. The van der Waals surface area contributed by atoms with Gasteiger partial charge in [-0.3, -0.25) is 9.89 Å². The van der Waals surface area contributed by atoms with Crippen LogP contribution in [0.4, 0.5) is 0 Å². The molecule has 2 atom stereocenters. The topological polar surface area (TPSA) is 52.2 Å². The monoisotopic (exact) mass is 264 g/mol. The van der Waals surface area contributed by atoms with Crippen molar-refractivity contribution in [1.82, 2.24) is 20.0 Å². The number of carbonyl (C=O) groups excluding carboxylic acids is 1.